The number of carbonyl (C=O) groups excluding carboxylic acids is 2. The van der Waals surface area contributed by atoms with Gasteiger partial charge in [0.15, 0.2) is 5.16 Å². The Hall–Kier alpha value is -3.43. The average molecular weight is 533 g/mol. The smallest absolute Gasteiger partial charge is 0.263 e. The van der Waals surface area contributed by atoms with Crippen molar-refractivity contribution in [3.05, 3.63) is 92.6 Å². The number of benzene rings is 2. The Morgan fingerprint density at radius 1 is 1.05 bits per heavy atom. The molecule has 0 atom stereocenters. The maximum Gasteiger partial charge on any atom is 0.263 e. The van der Waals surface area contributed by atoms with Crippen LogP contribution in [-0.4, -0.2) is 45.1 Å². The van der Waals surface area contributed by atoms with Crippen molar-refractivity contribution in [1.29, 1.82) is 0 Å². The van der Waals surface area contributed by atoms with Crippen molar-refractivity contribution in [3.63, 3.8) is 0 Å². The van der Waals surface area contributed by atoms with Gasteiger partial charge >= 0.3 is 0 Å². The van der Waals surface area contributed by atoms with Crippen LogP contribution in [0.3, 0.4) is 0 Å². The summed E-state index contributed by atoms with van der Waals surface area (Å²) in [6.45, 7) is 3.62. The molecule has 7 nitrogen and oxygen atoms in total. The van der Waals surface area contributed by atoms with E-state index >= 15 is 0 Å². The van der Waals surface area contributed by atoms with E-state index in [4.69, 9.17) is 4.98 Å². The first-order valence-electron chi connectivity index (χ1n) is 12.3. The Labute approximate surface area is 223 Å². The van der Waals surface area contributed by atoms with E-state index in [1.165, 1.54) is 28.7 Å². The molecular formula is C28H28N4O3S2. The lowest BCUT2D eigenvalue weighted by atomic mass is 10.1. The number of thiophene rings is 1. The summed E-state index contributed by atoms with van der Waals surface area (Å²) >= 11 is 2.76. The second-order valence-corrected chi connectivity index (χ2v) is 11.0. The highest BCUT2D eigenvalue weighted by Crippen LogP contribution is 2.34. The Kier molecular flexibility index (Phi) is 7.71. The fraction of sp³-hybridized carbons (Fsp3) is 0.286. The van der Waals surface area contributed by atoms with Crippen LogP contribution in [0.5, 0.6) is 0 Å². The van der Waals surface area contributed by atoms with E-state index in [9.17, 15) is 14.4 Å². The van der Waals surface area contributed by atoms with E-state index in [1.54, 1.807) is 16.4 Å². The highest BCUT2D eigenvalue weighted by molar-refractivity contribution is 7.99. The van der Waals surface area contributed by atoms with E-state index in [1.807, 2.05) is 60.7 Å². The summed E-state index contributed by atoms with van der Waals surface area (Å²) in [4.78, 5) is 46.7. The van der Waals surface area contributed by atoms with Gasteiger partial charge in [0.25, 0.3) is 5.56 Å². The first-order valence-corrected chi connectivity index (χ1v) is 14.1. The highest BCUT2D eigenvalue weighted by Gasteiger charge is 2.26. The van der Waals surface area contributed by atoms with Gasteiger partial charge in [-0.15, -0.1) is 11.3 Å². The lowest BCUT2D eigenvalue weighted by molar-refractivity contribution is -0.129. The molecule has 2 amide bonds. The molecule has 190 valence electrons. The van der Waals surface area contributed by atoms with Crippen molar-refractivity contribution >= 4 is 45.1 Å². The van der Waals surface area contributed by atoms with Gasteiger partial charge in [-0.25, -0.2) is 4.98 Å². The Balaban J connectivity index is 1.39. The molecule has 1 aliphatic rings. The molecule has 0 spiro atoms. The van der Waals surface area contributed by atoms with Crippen LogP contribution in [0.4, 0.5) is 0 Å². The number of hydrogen-bond acceptors (Lipinski definition) is 6. The van der Waals surface area contributed by atoms with E-state index in [2.05, 4.69) is 5.32 Å². The minimum atomic E-state index is -0.0934. The number of amides is 2. The SMILES string of the molecule is CC(=O)N1CCc2c(sc3nc(SCC(=O)NCCc4ccccc4)n(Cc4ccccc4)c(=O)c23)C1. The van der Waals surface area contributed by atoms with Gasteiger partial charge in [-0.1, -0.05) is 72.4 Å². The molecule has 5 rings (SSSR count). The Bertz CT molecular complexity index is 1480. The zero-order valence-corrected chi connectivity index (χ0v) is 22.2. The zero-order chi connectivity index (χ0) is 25.8. The van der Waals surface area contributed by atoms with Crippen LogP contribution in [0.2, 0.25) is 0 Å². The van der Waals surface area contributed by atoms with Crippen molar-refractivity contribution in [2.24, 2.45) is 0 Å². The molecule has 0 saturated heterocycles. The van der Waals surface area contributed by atoms with Crippen LogP contribution in [-0.2, 0) is 35.5 Å². The monoisotopic (exact) mass is 532 g/mol. The van der Waals surface area contributed by atoms with Crippen LogP contribution in [0.15, 0.2) is 70.6 Å². The lowest BCUT2D eigenvalue weighted by Gasteiger charge is -2.25. The second kappa shape index (κ2) is 11.3. The number of fused-ring (bicyclic) bond motifs is 3. The largest absolute Gasteiger partial charge is 0.355 e. The molecule has 2 aromatic carbocycles. The molecule has 0 fully saturated rings. The molecule has 4 aromatic rings. The lowest BCUT2D eigenvalue weighted by Crippen LogP contribution is -2.34. The van der Waals surface area contributed by atoms with Gasteiger partial charge in [-0.3, -0.25) is 19.0 Å². The van der Waals surface area contributed by atoms with Crippen LogP contribution >= 0.6 is 23.1 Å². The average Bonchev–Trinajstić information content (AvgIpc) is 3.28. The fourth-order valence-corrected chi connectivity index (χ4v) is 6.62. The van der Waals surface area contributed by atoms with Gasteiger partial charge in [0, 0.05) is 24.9 Å². The van der Waals surface area contributed by atoms with Gasteiger partial charge < -0.3 is 10.2 Å². The highest BCUT2D eigenvalue weighted by atomic mass is 32.2. The molecule has 37 heavy (non-hydrogen) atoms. The van der Waals surface area contributed by atoms with Crippen molar-refractivity contribution in [2.75, 3.05) is 18.8 Å². The summed E-state index contributed by atoms with van der Waals surface area (Å²) in [6.07, 6.45) is 1.41. The minimum Gasteiger partial charge on any atom is -0.355 e. The molecule has 0 bridgehead atoms. The van der Waals surface area contributed by atoms with Crippen LogP contribution in [0.25, 0.3) is 10.2 Å². The number of hydrogen-bond donors (Lipinski definition) is 1. The van der Waals surface area contributed by atoms with Crippen molar-refractivity contribution < 1.29 is 9.59 Å². The Morgan fingerprint density at radius 3 is 2.46 bits per heavy atom. The number of aromatic nitrogens is 2. The van der Waals surface area contributed by atoms with Gasteiger partial charge in [-0.05, 0) is 29.5 Å². The standard InChI is InChI=1S/C28H28N4O3S2/c1-19(33)31-15-13-22-23(17-31)37-26-25(22)27(35)32(16-21-10-6-3-7-11-21)28(30-26)36-18-24(34)29-14-12-20-8-4-2-5-9-20/h2-11H,12-18H2,1H3,(H,29,34). The molecular weight excluding hydrogens is 504 g/mol. The predicted octanol–water partition coefficient (Wildman–Crippen LogP) is 3.86. The van der Waals surface area contributed by atoms with Gasteiger partial charge in [-0.2, -0.15) is 0 Å². The van der Waals surface area contributed by atoms with Gasteiger partial charge in [0.2, 0.25) is 11.8 Å². The predicted molar refractivity (Wildman–Crippen MR) is 148 cm³/mol. The van der Waals surface area contributed by atoms with Crippen molar-refractivity contribution in [1.82, 2.24) is 19.8 Å². The quantitative estimate of drug-likeness (QED) is 0.275. The van der Waals surface area contributed by atoms with Gasteiger partial charge in [0.05, 0.1) is 24.2 Å². The molecule has 1 N–H and O–H groups in total. The number of nitrogens with zero attached hydrogens (tertiary/aromatic N) is 3. The maximum absolute atomic E-state index is 13.8. The third-order valence-electron chi connectivity index (χ3n) is 6.47. The summed E-state index contributed by atoms with van der Waals surface area (Å²) in [5, 5.41) is 4.15. The van der Waals surface area contributed by atoms with E-state index in [0.29, 0.717) is 48.0 Å². The summed E-state index contributed by atoms with van der Waals surface area (Å²) < 4.78 is 1.68. The molecule has 9 heteroatoms. The van der Waals surface area contributed by atoms with Crippen molar-refractivity contribution in [2.45, 2.75) is 38.0 Å². The van der Waals surface area contributed by atoms with Crippen LogP contribution < -0.4 is 10.9 Å². The number of carbonyl (C=O) groups is 2. The van der Waals surface area contributed by atoms with Gasteiger partial charge in [0.1, 0.15) is 4.83 Å². The van der Waals surface area contributed by atoms with Crippen LogP contribution in [0, 0.1) is 0 Å². The first-order chi connectivity index (χ1) is 18.0. The second-order valence-electron chi connectivity index (χ2n) is 9.02. The topological polar surface area (TPSA) is 84.3 Å². The zero-order valence-electron chi connectivity index (χ0n) is 20.6. The third kappa shape index (κ3) is 5.78. The molecule has 0 saturated carbocycles. The summed E-state index contributed by atoms with van der Waals surface area (Å²) in [5.74, 6) is 0.112. The van der Waals surface area contributed by atoms with Crippen molar-refractivity contribution in [3.8, 4) is 0 Å². The minimum absolute atomic E-state index is 0.0343. The van der Waals surface area contributed by atoms with E-state index in [0.717, 1.165) is 22.4 Å². The molecule has 3 heterocycles. The molecule has 0 radical (unpaired) electrons. The summed E-state index contributed by atoms with van der Waals surface area (Å²) in [7, 11) is 0. The molecule has 1 aliphatic heterocycles. The normalized spacial score (nSPS) is 12.9. The summed E-state index contributed by atoms with van der Waals surface area (Å²) in [5.41, 5.74) is 3.08. The number of nitrogens with one attached hydrogen (secondary N) is 1. The number of thioether (sulfide) groups is 1. The van der Waals surface area contributed by atoms with E-state index < -0.39 is 0 Å². The molecule has 2 aromatic heterocycles. The third-order valence-corrected chi connectivity index (χ3v) is 8.55. The first kappa shape index (κ1) is 25.2. The Morgan fingerprint density at radius 2 is 1.76 bits per heavy atom. The molecule has 0 unspecified atom stereocenters. The van der Waals surface area contributed by atoms with E-state index in [-0.39, 0.29) is 23.1 Å². The summed E-state index contributed by atoms with van der Waals surface area (Å²) in [6, 6.07) is 19.8. The molecule has 0 aliphatic carbocycles. The number of rotatable bonds is 8. The fourth-order valence-electron chi connectivity index (χ4n) is 4.51. The maximum atomic E-state index is 13.8. The van der Waals surface area contributed by atoms with Crippen LogP contribution in [0.1, 0.15) is 28.5 Å².